The van der Waals surface area contributed by atoms with Crippen LogP contribution in [0.3, 0.4) is 0 Å². The van der Waals surface area contributed by atoms with Crippen molar-refractivity contribution in [2.75, 3.05) is 5.32 Å². The Morgan fingerprint density at radius 3 is 2.31 bits per heavy atom. The van der Waals surface area contributed by atoms with Crippen LogP contribution in [0.15, 0.2) is 36.4 Å². The molecular weight excluding hydrogens is 394 g/mol. The van der Waals surface area contributed by atoms with E-state index in [-0.39, 0.29) is 17.3 Å². The molecule has 0 radical (unpaired) electrons. The van der Waals surface area contributed by atoms with Gasteiger partial charge in [0.15, 0.2) is 0 Å². The number of carbonyl (C=O) groups is 2. The maximum Gasteiger partial charge on any atom is 0.461 e. The molecule has 1 atom stereocenters. The molecule has 29 heavy (non-hydrogen) atoms. The van der Waals surface area contributed by atoms with Crippen LogP contribution in [0.2, 0.25) is 0 Å². The van der Waals surface area contributed by atoms with E-state index in [9.17, 15) is 27.2 Å². The number of ether oxygens (including phenoxy) is 1. The van der Waals surface area contributed by atoms with Crippen LogP contribution in [0.4, 0.5) is 23.4 Å². The molecule has 2 N–H and O–H groups in total. The topological polar surface area (TPSA) is 80.3 Å². The van der Waals surface area contributed by atoms with E-state index in [1.54, 1.807) is 13.8 Å². The second-order valence-corrected chi connectivity index (χ2v) is 6.29. The van der Waals surface area contributed by atoms with Crippen LogP contribution in [-0.2, 0) is 4.79 Å². The number of nitrogens with zero attached hydrogens (tertiary/aromatic N) is 1. The Labute approximate surface area is 164 Å². The van der Waals surface area contributed by atoms with Gasteiger partial charge in [0.25, 0.3) is 5.91 Å². The number of amides is 2. The number of hydrogen-bond donors (Lipinski definition) is 2. The van der Waals surface area contributed by atoms with E-state index in [1.165, 1.54) is 31.2 Å². The van der Waals surface area contributed by atoms with Crippen molar-refractivity contribution in [1.82, 2.24) is 10.3 Å². The van der Waals surface area contributed by atoms with Crippen LogP contribution >= 0.6 is 0 Å². The molecule has 1 aromatic carbocycles. The van der Waals surface area contributed by atoms with Gasteiger partial charge in [0.2, 0.25) is 5.91 Å². The number of anilines is 1. The zero-order valence-corrected chi connectivity index (χ0v) is 15.8. The average Bonchev–Trinajstić information content (AvgIpc) is 2.60. The molecule has 0 saturated carbocycles. The Bertz CT molecular complexity index is 889. The Morgan fingerprint density at radius 2 is 1.76 bits per heavy atom. The lowest BCUT2D eigenvalue weighted by molar-refractivity contribution is -0.253. The third-order valence-corrected chi connectivity index (χ3v) is 3.76. The predicted octanol–water partition coefficient (Wildman–Crippen LogP) is 4.08. The molecule has 0 aliphatic heterocycles. The van der Waals surface area contributed by atoms with Crippen molar-refractivity contribution in [3.63, 3.8) is 0 Å². The van der Waals surface area contributed by atoms with Gasteiger partial charge in [0.05, 0.1) is 6.04 Å². The molecule has 0 aliphatic carbocycles. The van der Waals surface area contributed by atoms with Crippen LogP contribution < -0.4 is 15.4 Å². The molecule has 2 rings (SSSR count). The van der Waals surface area contributed by atoms with E-state index < -0.39 is 30.2 Å². The summed E-state index contributed by atoms with van der Waals surface area (Å²) in [6, 6.07) is 7.41. The van der Waals surface area contributed by atoms with Crippen molar-refractivity contribution in [3.05, 3.63) is 53.2 Å². The monoisotopic (exact) mass is 413 g/mol. The highest BCUT2D eigenvalue weighted by atomic mass is 19.3. The molecule has 0 saturated heterocycles. The second kappa shape index (κ2) is 8.89. The van der Waals surface area contributed by atoms with Crippen molar-refractivity contribution < 1.29 is 31.9 Å². The van der Waals surface area contributed by atoms with E-state index >= 15 is 0 Å². The first-order valence-corrected chi connectivity index (χ1v) is 8.50. The van der Waals surface area contributed by atoms with Crippen LogP contribution in [0.1, 0.15) is 41.5 Å². The highest BCUT2D eigenvalue weighted by Crippen LogP contribution is 2.28. The normalized spacial score (nSPS) is 12.4. The quantitative estimate of drug-likeness (QED) is 0.671. The molecular formula is C19H19F4N3O3. The van der Waals surface area contributed by atoms with Crippen molar-refractivity contribution in [1.29, 1.82) is 0 Å². The summed E-state index contributed by atoms with van der Waals surface area (Å²) in [5.41, 5.74) is 1.33. The van der Waals surface area contributed by atoms with Gasteiger partial charge in [-0.2, -0.15) is 17.6 Å². The molecule has 0 aliphatic rings. The van der Waals surface area contributed by atoms with E-state index in [1.807, 2.05) is 0 Å². The number of nitrogens with one attached hydrogen (secondary N) is 2. The second-order valence-electron chi connectivity index (χ2n) is 6.29. The molecule has 156 valence electrons. The minimum atomic E-state index is -4.59. The van der Waals surface area contributed by atoms with Gasteiger partial charge in [-0.3, -0.25) is 9.59 Å². The maximum atomic E-state index is 12.9. The number of alkyl halides is 4. The van der Waals surface area contributed by atoms with Gasteiger partial charge >= 0.3 is 12.5 Å². The molecule has 0 bridgehead atoms. The SMILES string of the molecule is CC(=O)Nc1cc(C(=O)NC(C)c2ccc(OC(F)(F)C(F)F)cc2)cc(C)n1. The molecule has 2 amide bonds. The number of hydrogen-bond acceptors (Lipinski definition) is 4. The fourth-order valence-electron chi connectivity index (χ4n) is 2.43. The third-order valence-electron chi connectivity index (χ3n) is 3.76. The Hall–Kier alpha value is -3.17. The van der Waals surface area contributed by atoms with Gasteiger partial charge in [-0.25, -0.2) is 4.98 Å². The van der Waals surface area contributed by atoms with Crippen LogP contribution in [0, 0.1) is 6.92 Å². The number of carbonyl (C=O) groups excluding carboxylic acids is 2. The van der Waals surface area contributed by atoms with Gasteiger partial charge in [0, 0.05) is 18.2 Å². The Kier molecular flexibility index (Phi) is 6.78. The minimum Gasteiger partial charge on any atom is -0.428 e. The number of aromatic nitrogens is 1. The summed E-state index contributed by atoms with van der Waals surface area (Å²) >= 11 is 0. The first-order valence-electron chi connectivity index (χ1n) is 8.50. The number of halogens is 4. The summed E-state index contributed by atoms with van der Waals surface area (Å²) in [5.74, 6) is -0.972. The summed E-state index contributed by atoms with van der Waals surface area (Å²) in [5, 5.41) is 5.22. The molecule has 2 aromatic rings. The van der Waals surface area contributed by atoms with E-state index in [2.05, 4.69) is 20.4 Å². The standard InChI is InChI=1S/C19H19F4N3O3/c1-10-8-14(9-16(24-10)26-12(3)27)17(28)25-11(2)13-4-6-15(7-5-13)29-19(22,23)18(20)21/h4-9,11,18H,1-3H3,(H,25,28)(H,24,26,27). The highest BCUT2D eigenvalue weighted by Gasteiger charge is 2.43. The number of rotatable bonds is 7. The fourth-order valence-corrected chi connectivity index (χ4v) is 2.43. The van der Waals surface area contributed by atoms with Crippen molar-refractivity contribution >= 4 is 17.6 Å². The molecule has 1 aromatic heterocycles. The van der Waals surface area contributed by atoms with Crippen molar-refractivity contribution in [3.8, 4) is 5.75 Å². The van der Waals surface area contributed by atoms with Crippen molar-refractivity contribution in [2.24, 2.45) is 0 Å². The highest BCUT2D eigenvalue weighted by molar-refractivity contribution is 5.96. The van der Waals surface area contributed by atoms with Gasteiger partial charge in [-0.1, -0.05) is 12.1 Å². The summed E-state index contributed by atoms with van der Waals surface area (Å²) in [4.78, 5) is 27.8. The summed E-state index contributed by atoms with van der Waals surface area (Å²) in [6.07, 6.45) is -8.54. The lowest BCUT2D eigenvalue weighted by Crippen LogP contribution is -2.33. The van der Waals surface area contributed by atoms with Crippen LogP contribution in [0.5, 0.6) is 5.75 Å². The molecule has 1 unspecified atom stereocenters. The lowest BCUT2D eigenvalue weighted by atomic mass is 10.1. The molecule has 1 heterocycles. The van der Waals surface area contributed by atoms with Gasteiger partial charge in [-0.15, -0.1) is 0 Å². The largest absolute Gasteiger partial charge is 0.461 e. The number of aryl methyl sites for hydroxylation is 1. The fraction of sp³-hybridized carbons (Fsp3) is 0.316. The van der Waals surface area contributed by atoms with Crippen LogP contribution in [0.25, 0.3) is 0 Å². The van der Waals surface area contributed by atoms with Gasteiger partial charge in [-0.05, 0) is 43.7 Å². The number of pyridine rings is 1. The summed E-state index contributed by atoms with van der Waals surface area (Å²) < 4.78 is 54.2. The van der Waals surface area contributed by atoms with Gasteiger partial charge < -0.3 is 15.4 Å². The van der Waals surface area contributed by atoms with E-state index in [0.717, 1.165) is 12.1 Å². The smallest absolute Gasteiger partial charge is 0.428 e. The average molecular weight is 413 g/mol. The first kappa shape index (κ1) is 22.1. The van der Waals surface area contributed by atoms with E-state index in [4.69, 9.17) is 0 Å². The third kappa shape index (κ3) is 6.16. The predicted molar refractivity (Wildman–Crippen MR) is 97.2 cm³/mol. The lowest BCUT2D eigenvalue weighted by Gasteiger charge is -2.18. The Morgan fingerprint density at radius 1 is 1.14 bits per heavy atom. The zero-order chi connectivity index (χ0) is 21.8. The first-order chi connectivity index (χ1) is 13.5. The molecule has 10 heteroatoms. The van der Waals surface area contributed by atoms with Crippen LogP contribution in [-0.4, -0.2) is 29.3 Å². The maximum absolute atomic E-state index is 12.9. The molecule has 0 fully saturated rings. The molecule has 6 nitrogen and oxygen atoms in total. The van der Waals surface area contributed by atoms with Gasteiger partial charge in [0.1, 0.15) is 11.6 Å². The summed E-state index contributed by atoms with van der Waals surface area (Å²) in [6.45, 7) is 4.64. The van der Waals surface area contributed by atoms with Crippen molar-refractivity contribution in [2.45, 2.75) is 39.3 Å². The zero-order valence-electron chi connectivity index (χ0n) is 15.8. The van der Waals surface area contributed by atoms with E-state index in [0.29, 0.717) is 11.3 Å². The number of benzene rings is 1. The molecule has 0 spiro atoms. The Balaban J connectivity index is 2.08. The summed E-state index contributed by atoms with van der Waals surface area (Å²) in [7, 11) is 0. The minimum absolute atomic E-state index is 0.233.